The zero-order chi connectivity index (χ0) is 21.3. The normalized spacial score (nSPS) is 19.4. The van der Waals surface area contributed by atoms with Crippen molar-refractivity contribution in [1.82, 2.24) is 30.4 Å². The molecule has 1 aliphatic heterocycles. The summed E-state index contributed by atoms with van der Waals surface area (Å²) in [6.07, 6.45) is 1.11. The van der Waals surface area contributed by atoms with Gasteiger partial charge in [0.25, 0.3) is 0 Å². The Kier molecular flexibility index (Phi) is 5.87. The summed E-state index contributed by atoms with van der Waals surface area (Å²) in [5.41, 5.74) is 1.60. The van der Waals surface area contributed by atoms with E-state index in [1.54, 1.807) is 6.20 Å². The number of likely N-dealkylation sites (tertiary alicyclic amines) is 1. The van der Waals surface area contributed by atoms with Gasteiger partial charge >= 0.3 is 6.03 Å². The Bertz CT molecular complexity index is 1060. The van der Waals surface area contributed by atoms with Gasteiger partial charge in [0.1, 0.15) is 16.2 Å². The van der Waals surface area contributed by atoms with E-state index in [0.29, 0.717) is 18.5 Å². The molecule has 158 valence electrons. The van der Waals surface area contributed by atoms with Crippen LogP contribution < -0.4 is 10.6 Å². The largest absolute Gasteiger partial charge is 0.324 e. The number of rotatable bonds is 4. The quantitative estimate of drug-likeness (QED) is 0.660. The highest BCUT2D eigenvalue weighted by Gasteiger charge is 2.31. The number of halogens is 1. The fourth-order valence-electron chi connectivity index (χ4n) is 3.51. The van der Waals surface area contributed by atoms with Crippen LogP contribution in [0.3, 0.4) is 0 Å². The molecule has 0 spiro atoms. The second-order valence-electron chi connectivity index (χ2n) is 7.70. The van der Waals surface area contributed by atoms with Crippen molar-refractivity contribution in [3.05, 3.63) is 29.4 Å². The highest BCUT2D eigenvalue weighted by atomic mass is 32.1. The van der Waals surface area contributed by atoms with Gasteiger partial charge in [-0.2, -0.15) is 0 Å². The van der Waals surface area contributed by atoms with E-state index in [2.05, 4.69) is 30.8 Å². The minimum absolute atomic E-state index is 0.0460. The van der Waals surface area contributed by atoms with Crippen molar-refractivity contribution in [2.45, 2.75) is 45.4 Å². The van der Waals surface area contributed by atoms with Crippen LogP contribution in [0.25, 0.3) is 21.5 Å². The van der Waals surface area contributed by atoms with Crippen molar-refractivity contribution in [2.75, 3.05) is 18.4 Å². The number of hydrogen-bond donors (Lipinski definition) is 2. The maximum absolute atomic E-state index is 14.4. The second kappa shape index (κ2) is 8.57. The van der Waals surface area contributed by atoms with Crippen LogP contribution in [-0.2, 0) is 0 Å². The smallest absolute Gasteiger partial charge is 0.321 e. The number of piperidine rings is 1. The van der Waals surface area contributed by atoms with Crippen LogP contribution in [0.2, 0.25) is 0 Å². The lowest BCUT2D eigenvalue weighted by Gasteiger charge is -2.35. The summed E-state index contributed by atoms with van der Waals surface area (Å²) in [6, 6.07) is 5.33. The fourth-order valence-corrected chi connectivity index (χ4v) is 4.20. The monoisotopic (exact) mass is 429 g/mol. The summed E-state index contributed by atoms with van der Waals surface area (Å²) in [4.78, 5) is 22.7. The minimum atomic E-state index is -1.11. The van der Waals surface area contributed by atoms with Gasteiger partial charge in [0.05, 0.1) is 12.1 Å². The van der Waals surface area contributed by atoms with Crippen LogP contribution in [0.4, 0.5) is 15.1 Å². The molecular weight excluding hydrogens is 405 g/mol. The number of nitrogens with one attached hydrogen (secondary N) is 2. The van der Waals surface area contributed by atoms with Gasteiger partial charge < -0.3 is 10.2 Å². The first-order valence-corrected chi connectivity index (χ1v) is 10.7. The molecular formula is C20H24FN7OS. The summed E-state index contributed by atoms with van der Waals surface area (Å²) in [6.45, 7) is 6.40. The molecule has 1 aromatic carbocycles. The number of aryl methyl sites for hydroxylation is 1. The number of nitrogens with zero attached hydrogens (tertiary/aromatic N) is 5. The molecule has 0 saturated carbocycles. The summed E-state index contributed by atoms with van der Waals surface area (Å²) in [7, 11) is 0. The molecule has 1 fully saturated rings. The van der Waals surface area contributed by atoms with Crippen molar-refractivity contribution in [1.29, 1.82) is 0 Å². The topological polar surface area (TPSA) is 95.9 Å². The molecule has 4 rings (SSSR count). The Hall–Kier alpha value is -2.72. The van der Waals surface area contributed by atoms with Crippen molar-refractivity contribution in [3.63, 3.8) is 0 Å². The Morgan fingerprint density at radius 2 is 2.17 bits per heavy atom. The lowest BCUT2D eigenvalue weighted by molar-refractivity contribution is 0.119. The van der Waals surface area contributed by atoms with Crippen molar-refractivity contribution < 1.29 is 9.18 Å². The van der Waals surface area contributed by atoms with Crippen LogP contribution in [0.15, 0.2) is 24.4 Å². The van der Waals surface area contributed by atoms with Crippen LogP contribution in [0, 0.1) is 6.92 Å². The van der Waals surface area contributed by atoms with E-state index < -0.39 is 12.2 Å². The Labute approximate surface area is 177 Å². The Morgan fingerprint density at radius 3 is 2.87 bits per heavy atom. The van der Waals surface area contributed by atoms with Gasteiger partial charge in [0.15, 0.2) is 0 Å². The van der Waals surface area contributed by atoms with Crippen LogP contribution >= 0.6 is 11.3 Å². The second-order valence-corrected chi connectivity index (χ2v) is 8.88. The number of anilines is 1. The first-order valence-electron chi connectivity index (χ1n) is 9.92. The highest BCUT2D eigenvalue weighted by molar-refractivity contribution is 7.14. The molecule has 1 aliphatic rings. The first kappa shape index (κ1) is 20.5. The van der Waals surface area contributed by atoms with Gasteiger partial charge in [-0.05, 0) is 19.4 Å². The first-order chi connectivity index (χ1) is 14.4. The van der Waals surface area contributed by atoms with E-state index in [4.69, 9.17) is 0 Å². The van der Waals surface area contributed by atoms with Crippen molar-refractivity contribution >= 4 is 34.2 Å². The van der Waals surface area contributed by atoms with Gasteiger partial charge in [-0.15, -0.1) is 10.2 Å². The van der Waals surface area contributed by atoms with Crippen LogP contribution in [0.5, 0.6) is 0 Å². The van der Waals surface area contributed by atoms with Gasteiger partial charge in [0.2, 0.25) is 5.95 Å². The van der Waals surface area contributed by atoms with E-state index in [1.165, 1.54) is 16.2 Å². The zero-order valence-corrected chi connectivity index (χ0v) is 17.9. The average molecular weight is 430 g/mol. The number of carbonyl (C=O) groups is 1. The summed E-state index contributed by atoms with van der Waals surface area (Å²) in [5.74, 6) is 0.191. The molecule has 10 heteroatoms. The van der Waals surface area contributed by atoms with Crippen molar-refractivity contribution in [2.24, 2.45) is 0 Å². The molecule has 8 nitrogen and oxygen atoms in total. The molecule has 2 aromatic heterocycles. The minimum Gasteiger partial charge on any atom is -0.321 e. The van der Waals surface area contributed by atoms with Gasteiger partial charge in [-0.3, -0.25) is 5.32 Å². The van der Waals surface area contributed by atoms with E-state index in [-0.39, 0.29) is 24.6 Å². The molecule has 2 N–H and O–H groups in total. The van der Waals surface area contributed by atoms with Crippen LogP contribution in [-0.4, -0.2) is 62.4 Å². The molecule has 2 atom stereocenters. The predicted octanol–water partition coefficient (Wildman–Crippen LogP) is 3.40. The number of benzene rings is 1. The standard InChI is InChI=1S/C20H24FN7OS/c1-11(2)23-16-6-7-28(10-15(16)21)20(29)25-19-22-9-14-5-4-13(8-17(14)24-19)18-27-26-12(3)30-18/h4-5,8-9,11,15-16,23H,6-7,10H2,1-3H3,(H,22,24,25,29)/t15-,16+/m1/s1. The Balaban J connectivity index is 1.46. The third-order valence-electron chi connectivity index (χ3n) is 4.95. The van der Waals surface area contributed by atoms with Gasteiger partial charge in [0, 0.05) is 35.8 Å². The van der Waals surface area contributed by atoms with E-state index in [9.17, 15) is 9.18 Å². The third kappa shape index (κ3) is 4.54. The maximum Gasteiger partial charge on any atom is 0.324 e. The van der Waals surface area contributed by atoms with Crippen LogP contribution in [0.1, 0.15) is 25.3 Å². The maximum atomic E-state index is 14.4. The molecule has 0 unspecified atom stereocenters. The molecule has 3 heterocycles. The average Bonchev–Trinajstić information content (AvgIpc) is 3.15. The number of amides is 2. The molecule has 0 radical (unpaired) electrons. The lowest BCUT2D eigenvalue weighted by atomic mass is 10.0. The predicted molar refractivity (Wildman–Crippen MR) is 115 cm³/mol. The number of fused-ring (bicyclic) bond motifs is 1. The van der Waals surface area contributed by atoms with E-state index in [0.717, 1.165) is 21.0 Å². The molecule has 0 aliphatic carbocycles. The molecule has 3 aromatic rings. The molecule has 2 amide bonds. The van der Waals surface area contributed by atoms with Crippen molar-refractivity contribution in [3.8, 4) is 10.6 Å². The number of urea groups is 1. The zero-order valence-electron chi connectivity index (χ0n) is 17.1. The highest BCUT2D eigenvalue weighted by Crippen LogP contribution is 2.26. The van der Waals surface area contributed by atoms with Gasteiger partial charge in [-0.25, -0.2) is 19.2 Å². The Morgan fingerprint density at radius 1 is 1.33 bits per heavy atom. The number of aromatic nitrogens is 4. The fraction of sp³-hybridized carbons (Fsp3) is 0.450. The van der Waals surface area contributed by atoms with E-state index in [1.807, 2.05) is 39.0 Å². The van der Waals surface area contributed by atoms with E-state index >= 15 is 0 Å². The number of alkyl halides is 1. The van der Waals surface area contributed by atoms with Gasteiger partial charge in [-0.1, -0.05) is 37.3 Å². The summed E-state index contributed by atoms with van der Waals surface area (Å²) >= 11 is 1.50. The SMILES string of the molecule is Cc1nnc(-c2ccc3cnc(NC(=O)N4CC[C@H](NC(C)C)[C@H](F)C4)nc3c2)s1. The number of carbonyl (C=O) groups excluding carboxylic acids is 1. The molecule has 1 saturated heterocycles. The molecule has 0 bridgehead atoms. The summed E-state index contributed by atoms with van der Waals surface area (Å²) < 4.78 is 14.4. The third-order valence-corrected chi connectivity index (χ3v) is 5.84. The summed E-state index contributed by atoms with van der Waals surface area (Å²) in [5, 5.41) is 16.7. The molecule has 30 heavy (non-hydrogen) atoms. The number of hydrogen-bond acceptors (Lipinski definition) is 7. The lowest BCUT2D eigenvalue weighted by Crippen LogP contribution is -2.54.